The number of ether oxygens (including phenoxy) is 1. The molecule has 0 aliphatic heterocycles. The summed E-state index contributed by atoms with van der Waals surface area (Å²) in [7, 11) is 0. The van der Waals surface area contributed by atoms with E-state index in [2.05, 4.69) is 5.32 Å². The SMILES string of the molecule is CC[C@@H](C)[C@H](NC(=O)OC(C)(C)C)C(=O)CC(Cc1ccccc1)(C(=O)O)C(=O)O. The largest absolute Gasteiger partial charge is 0.480 e. The number of rotatable bonds is 10. The van der Waals surface area contributed by atoms with Gasteiger partial charge in [-0.15, -0.1) is 0 Å². The normalized spacial score (nSPS) is 13.8. The molecule has 0 heterocycles. The number of alkyl carbamates (subject to hydrolysis) is 1. The molecule has 3 N–H and O–H groups in total. The highest BCUT2D eigenvalue weighted by atomic mass is 16.6. The van der Waals surface area contributed by atoms with Crippen LogP contribution in [0.15, 0.2) is 30.3 Å². The van der Waals surface area contributed by atoms with Gasteiger partial charge in [0.05, 0.1) is 6.04 Å². The van der Waals surface area contributed by atoms with Crippen molar-refractivity contribution in [2.75, 3.05) is 0 Å². The van der Waals surface area contributed by atoms with Crippen molar-refractivity contribution in [3.8, 4) is 0 Å². The molecule has 0 saturated heterocycles. The predicted octanol–water partition coefficient (Wildman–Crippen LogP) is 3.28. The summed E-state index contributed by atoms with van der Waals surface area (Å²) in [6, 6.07) is 7.20. The molecule has 0 aromatic heterocycles. The molecule has 166 valence electrons. The van der Waals surface area contributed by atoms with Crippen molar-refractivity contribution in [1.82, 2.24) is 5.32 Å². The van der Waals surface area contributed by atoms with E-state index in [0.29, 0.717) is 12.0 Å². The molecular formula is C22H31NO7. The lowest BCUT2D eigenvalue weighted by molar-refractivity contribution is -0.167. The Hall–Kier alpha value is -2.90. The minimum atomic E-state index is -2.35. The lowest BCUT2D eigenvalue weighted by Gasteiger charge is -2.30. The van der Waals surface area contributed by atoms with Crippen molar-refractivity contribution in [2.24, 2.45) is 11.3 Å². The number of hydrogen-bond acceptors (Lipinski definition) is 5. The molecule has 0 spiro atoms. The Morgan fingerprint density at radius 3 is 2.00 bits per heavy atom. The van der Waals surface area contributed by atoms with Gasteiger partial charge in [-0.2, -0.15) is 0 Å². The van der Waals surface area contributed by atoms with Gasteiger partial charge in [-0.3, -0.25) is 14.4 Å². The molecule has 0 saturated carbocycles. The van der Waals surface area contributed by atoms with Crippen LogP contribution in [0.4, 0.5) is 4.79 Å². The number of hydrogen-bond donors (Lipinski definition) is 3. The van der Waals surface area contributed by atoms with Crippen molar-refractivity contribution in [3.05, 3.63) is 35.9 Å². The van der Waals surface area contributed by atoms with Crippen molar-refractivity contribution in [1.29, 1.82) is 0 Å². The zero-order chi connectivity index (χ0) is 23.1. The first-order chi connectivity index (χ1) is 13.8. The lowest BCUT2D eigenvalue weighted by Crippen LogP contribution is -2.51. The van der Waals surface area contributed by atoms with Crippen LogP contribution in [0, 0.1) is 11.3 Å². The van der Waals surface area contributed by atoms with Crippen molar-refractivity contribution in [3.63, 3.8) is 0 Å². The Bertz CT molecular complexity index is 753. The third-order valence-corrected chi connectivity index (χ3v) is 4.88. The summed E-state index contributed by atoms with van der Waals surface area (Å²) < 4.78 is 5.20. The van der Waals surface area contributed by atoms with Crippen LogP contribution in [0.3, 0.4) is 0 Å². The summed E-state index contributed by atoms with van der Waals surface area (Å²) >= 11 is 0. The van der Waals surface area contributed by atoms with Gasteiger partial charge in [-0.25, -0.2) is 4.79 Å². The van der Waals surface area contributed by atoms with E-state index in [4.69, 9.17) is 4.74 Å². The standard InChI is InChI=1S/C22H31NO7/c1-6-14(2)17(23-20(29)30-21(3,4)5)16(24)13-22(18(25)26,19(27)28)12-15-10-8-7-9-11-15/h7-11,14,17H,6,12-13H2,1-5H3,(H,23,29)(H,25,26)(H,27,28)/t14-,17+/m1/s1. The van der Waals surface area contributed by atoms with Crippen LogP contribution >= 0.6 is 0 Å². The Morgan fingerprint density at radius 2 is 1.57 bits per heavy atom. The zero-order valence-electron chi connectivity index (χ0n) is 18.1. The number of Topliss-reactive ketones (excluding diaryl/α,β-unsaturated/α-hetero) is 1. The molecule has 1 rings (SSSR count). The highest BCUT2D eigenvalue weighted by Crippen LogP contribution is 2.30. The molecule has 30 heavy (non-hydrogen) atoms. The topological polar surface area (TPSA) is 130 Å². The van der Waals surface area contributed by atoms with Gasteiger partial charge in [0.15, 0.2) is 11.2 Å². The first-order valence-corrected chi connectivity index (χ1v) is 9.85. The minimum absolute atomic E-state index is 0.345. The fraction of sp³-hybridized carbons (Fsp3) is 0.545. The van der Waals surface area contributed by atoms with E-state index >= 15 is 0 Å². The van der Waals surface area contributed by atoms with Crippen LogP contribution in [0.25, 0.3) is 0 Å². The van der Waals surface area contributed by atoms with Gasteiger partial charge in [0.25, 0.3) is 0 Å². The lowest BCUT2D eigenvalue weighted by atomic mass is 9.75. The van der Waals surface area contributed by atoms with Crippen LogP contribution in [0.1, 0.15) is 53.0 Å². The first-order valence-electron chi connectivity index (χ1n) is 9.85. The smallest absolute Gasteiger partial charge is 0.408 e. The van der Waals surface area contributed by atoms with Gasteiger partial charge >= 0.3 is 18.0 Å². The second-order valence-electron chi connectivity index (χ2n) is 8.51. The third kappa shape index (κ3) is 6.86. The fourth-order valence-corrected chi connectivity index (χ4v) is 3.02. The van der Waals surface area contributed by atoms with Crippen molar-refractivity contribution in [2.45, 2.75) is 65.5 Å². The Balaban J connectivity index is 3.20. The number of carbonyl (C=O) groups is 4. The van der Waals surface area contributed by atoms with E-state index in [9.17, 15) is 29.4 Å². The van der Waals surface area contributed by atoms with Crippen molar-refractivity contribution < 1.29 is 34.1 Å². The van der Waals surface area contributed by atoms with Crippen LogP contribution in [-0.2, 0) is 25.5 Å². The van der Waals surface area contributed by atoms with Gasteiger partial charge in [-0.05, 0) is 38.7 Å². The first kappa shape index (κ1) is 25.1. The quantitative estimate of drug-likeness (QED) is 0.494. The van der Waals surface area contributed by atoms with Gasteiger partial charge in [0.2, 0.25) is 0 Å². The summed E-state index contributed by atoms with van der Waals surface area (Å²) in [5.41, 5.74) is -2.65. The molecule has 0 aliphatic carbocycles. The number of carboxylic acid groups (broad SMARTS) is 2. The summed E-state index contributed by atoms with van der Waals surface area (Å²) in [4.78, 5) is 49.3. The van der Waals surface area contributed by atoms with Crippen molar-refractivity contribution >= 4 is 23.8 Å². The number of ketones is 1. The molecule has 0 radical (unpaired) electrons. The third-order valence-electron chi connectivity index (χ3n) is 4.88. The Kier molecular flexibility index (Phi) is 8.57. The van der Waals surface area contributed by atoms with E-state index in [1.807, 2.05) is 6.92 Å². The maximum atomic E-state index is 13.1. The molecule has 0 bridgehead atoms. The van der Waals surface area contributed by atoms with Crippen LogP contribution in [0.5, 0.6) is 0 Å². The molecule has 0 fully saturated rings. The number of carbonyl (C=O) groups excluding carboxylic acids is 2. The summed E-state index contributed by atoms with van der Waals surface area (Å²) in [6.07, 6.45) is -1.43. The van der Waals surface area contributed by atoms with Gasteiger partial charge < -0.3 is 20.3 Å². The molecule has 2 atom stereocenters. The van der Waals surface area contributed by atoms with E-state index in [1.165, 1.54) is 0 Å². The second kappa shape index (κ2) is 10.2. The number of carboxylic acids is 2. The average molecular weight is 421 g/mol. The number of aliphatic carboxylic acids is 2. The molecule has 1 aromatic carbocycles. The Morgan fingerprint density at radius 1 is 1.03 bits per heavy atom. The summed E-state index contributed by atoms with van der Waals surface area (Å²) in [6.45, 7) is 8.55. The fourth-order valence-electron chi connectivity index (χ4n) is 3.02. The summed E-state index contributed by atoms with van der Waals surface area (Å²) in [5, 5.41) is 22.0. The van der Waals surface area contributed by atoms with Crippen LogP contribution in [0.2, 0.25) is 0 Å². The van der Waals surface area contributed by atoms with Crippen LogP contribution < -0.4 is 5.32 Å². The summed E-state index contributed by atoms with van der Waals surface area (Å²) in [5.74, 6) is -4.22. The monoisotopic (exact) mass is 421 g/mol. The van der Waals surface area contributed by atoms with Crippen LogP contribution in [-0.4, -0.2) is 45.7 Å². The Labute approximate surface area is 176 Å². The van der Waals surface area contributed by atoms with E-state index < -0.39 is 47.3 Å². The van der Waals surface area contributed by atoms with Gasteiger partial charge in [0.1, 0.15) is 5.60 Å². The molecule has 1 aromatic rings. The van der Waals surface area contributed by atoms with E-state index in [-0.39, 0.29) is 12.3 Å². The highest BCUT2D eigenvalue weighted by Gasteiger charge is 2.49. The number of benzene rings is 1. The molecule has 0 unspecified atom stereocenters. The maximum absolute atomic E-state index is 13.1. The predicted molar refractivity (Wildman–Crippen MR) is 110 cm³/mol. The number of amides is 1. The van der Waals surface area contributed by atoms with Gasteiger partial charge in [0, 0.05) is 6.42 Å². The van der Waals surface area contributed by atoms with E-state index in [1.54, 1.807) is 58.0 Å². The van der Waals surface area contributed by atoms with E-state index in [0.717, 1.165) is 0 Å². The molecule has 1 amide bonds. The average Bonchev–Trinajstić information content (AvgIpc) is 2.63. The van der Waals surface area contributed by atoms with Gasteiger partial charge in [-0.1, -0.05) is 50.6 Å². The minimum Gasteiger partial charge on any atom is -0.480 e. The molecule has 8 nitrogen and oxygen atoms in total. The molecule has 0 aliphatic rings. The zero-order valence-corrected chi connectivity index (χ0v) is 18.1. The second-order valence-corrected chi connectivity index (χ2v) is 8.51. The molecular weight excluding hydrogens is 390 g/mol. The maximum Gasteiger partial charge on any atom is 0.408 e. The highest BCUT2D eigenvalue weighted by molar-refractivity contribution is 6.04. The molecule has 8 heteroatoms. The number of nitrogens with one attached hydrogen (secondary N) is 1.